The molecular formula is C14H25N5OS. The number of aromatic nitrogens is 3. The molecule has 1 amide bonds. The van der Waals surface area contributed by atoms with E-state index in [1.54, 1.807) is 0 Å². The van der Waals surface area contributed by atoms with Gasteiger partial charge in [0.1, 0.15) is 5.82 Å². The highest BCUT2D eigenvalue weighted by Crippen LogP contribution is 2.19. The van der Waals surface area contributed by atoms with Gasteiger partial charge in [-0.1, -0.05) is 31.5 Å². The maximum atomic E-state index is 12.3. The maximum absolute atomic E-state index is 12.3. The van der Waals surface area contributed by atoms with Crippen LogP contribution in [0.1, 0.15) is 44.9 Å². The van der Waals surface area contributed by atoms with Crippen LogP contribution in [0.3, 0.4) is 0 Å². The lowest BCUT2D eigenvalue weighted by atomic mass is 10.2. The third-order valence-electron chi connectivity index (χ3n) is 3.71. The molecule has 21 heavy (non-hydrogen) atoms. The molecule has 1 fully saturated rings. The van der Waals surface area contributed by atoms with E-state index in [-0.39, 0.29) is 5.91 Å². The lowest BCUT2D eigenvalue weighted by molar-refractivity contribution is -0.128. The molecule has 0 radical (unpaired) electrons. The molecule has 2 heterocycles. The van der Waals surface area contributed by atoms with Crippen LogP contribution in [0.25, 0.3) is 0 Å². The first-order valence-corrected chi connectivity index (χ1v) is 8.77. The van der Waals surface area contributed by atoms with Gasteiger partial charge in [-0.05, 0) is 19.3 Å². The maximum Gasteiger partial charge on any atom is 0.233 e. The fraction of sp³-hybridized carbons (Fsp3) is 0.786. The van der Waals surface area contributed by atoms with Gasteiger partial charge in [0.15, 0.2) is 5.16 Å². The molecule has 0 unspecified atom stereocenters. The van der Waals surface area contributed by atoms with E-state index in [2.05, 4.69) is 17.1 Å². The van der Waals surface area contributed by atoms with Crippen molar-refractivity contribution in [3.8, 4) is 0 Å². The minimum absolute atomic E-state index is 0.210. The Labute approximate surface area is 130 Å². The van der Waals surface area contributed by atoms with Crippen LogP contribution in [0.4, 0.5) is 0 Å². The Balaban J connectivity index is 1.92. The SMILES string of the molecule is CCCn1c(CN)nnc1SCC(=O)N1CCCCCC1. The number of hydrogen-bond acceptors (Lipinski definition) is 5. The lowest BCUT2D eigenvalue weighted by Crippen LogP contribution is -2.33. The Morgan fingerprint density at radius 3 is 2.57 bits per heavy atom. The van der Waals surface area contributed by atoms with Crippen LogP contribution in [-0.4, -0.2) is 44.4 Å². The molecule has 1 aliphatic rings. The van der Waals surface area contributed by atoms with E-state index in [1.807, 2.05) is 9.47 Å². The first-order chi connectivity index (χ1) is 10.3. The smallest absolute Gasteiger partial charge is 0.233 e. The molecule has 0 atom stereocenters. The number of hydrogen-bond donors (Lipinski definition) is 1. The molecule has 0 aromatic carbocycles. The van der Waals surface area contributed by atoms with Gasteiger partial charge in [-0.25, -0.2) is 0 Å². The fourth-order valence-electron chi connectivity index (χ4n) is 2.56. The van der Waals surface area contributed by atoms with Crippen LogP contribution in [-0.2, 0) is 17.9 Å². The Morgan fingerprint density at radius 2 is 1.95 bits per heavy atom. The number of nitrogens with zero attached hydrogens (tertiary/aromatic N) is 4. The molecule has 1 aromatic rings. The van der Waals surface area contributed by atoms with Crippen molar-refractivity contribution in [1.29, 1.82) is 0 Å². The van der Waals surface area contributed by atoms with Crippen LogP contribution in [0, 0.1) is 0 Å². The zero-order chi connectivity index (χ0) is 15.1. The number of amides is 1. The Morgan fingerprint density at radius 1 is 1.24 bits per heavy atom. The molecule has 2 N–H and O–H groups in total. The average molecular weight is 311 g/mol. The van der Waals surface area contributed by atoms with Gasteiger partial charge in [-0.3, -0.25) is 4.79 Å². The van der Waals surface area contributed by atoms with Gasteiger partial charge >= 0.3 is 0 Å². The highest BCUT2D eigenvalue weighted by atomic mass is 32.2. The van der Waals surface area contributed by atoms with Gasteiger partial charge < -0.3 is 15.2 Å². The predicted octanol–water partition coefficient (Wildman–Crippen LogP) is 1.64. The lowest BCUT2D eigenvalue weighted by Gasteiger charge is -2.19. The molecule has 6 nitrogen and oxygen atoms in total. The van der Waals surface area contributed by atoms with E-state index in [0.29, 0.717) is 12.3 Å². The second kappa shape index (κ2) is 8.38. The molecule has 2 rings (SSSR count). The highest BCUT2D eigenvalue weighted by Gasteiger charge is 2.18. The topological polar surface area (TPSA) is 77.0 Å². The summed E-state index contributed by atoms with van der Waals surface area (Å²) in [4.78, 5) is 14.3. The largest absolute Gasteiger partial charge is 0.342 e. The minimum atomic E-state index is 0.210. The van der Waals surface area contributed by atoms with Crippen molar-refractivity contribution in [3.63, 3.8) is 0 Å². The van der Waals surface area contributed by atoms with Crippen LogP contribution in [0.15, 0.2) is 5.16 Å². The van der Waals surface area contributed by atoms with Gasteiger partial charge in [0.2, 0.25) is 5.91 Å². The zero-order valence-corrected chi connectivity index (χ0v) is 13.6. The van der Waals surface area contributed by atoms with E-state index < -0.39 is 0 Å². The van der Waals surface area contributed by atoms with Gasteiger partial charge in [-0.15, -0.1) is 10.2 Å². The van der Waals surface area contributed by atoms with E-state index in [1.165, 1.54) is 24.6 Å². The monoisotopic (exact) mass is 311 g/mol. The second-order valence-corrected chi connectivity index (χ2v) is 6.28. The van der Waals surface area contributed by atoms with Crippen molar-refractivity contribution >= 4 is 17.7 Å². The summed E-state index contributed by atoms with van der Waals surface area (Å²) in [5.74, 6) is 1.44. The fourth-order valence-corrected chi connectivity index (χ4v) is 3.45. The first kappa shape index (κ1) is 16.3. The molecule has 1 aromatic heterocycles. The molecule has 1 aliphatic heterocycles. The van der Waals surface area contributed by atoms with Crippen molar-refractivity contribution in [3.05, 3.63) is 5.82 Å². The molecule has 1 saturated heterocycles. The average Bonchev–Trinajstić information content (AvgIpc) is 2.71. The van der Waals surface area contributed by atoms with Crippen molar-refractivity contribution < 1.29 is 4.79 Å². The molecule has 0 saturated carbocycles. The van der Waals surface area contributed by atoms with Gasteiger partial charge in [-0.2, -0.15) is 0 Å². The normalized spacial score (nSPS) is 16.0. The number of carbonyl (C=O) groups is 1. The third kappa shape index (κ3) is 4.44. The molecule has 0 aliphatic carbocycles. The summed E-state index contributed by atoms with van der Waals surface area (Å²) in [5, 5.41) is 9.07. The molecule has 118 valence electrons. The van der Waals surface area contributed by atoms with E-state index in [0.717, 1.165) is 49.9 Å². The van der Waals surface area contributed by atoms with Crippen LogP contribution in [0.5, 0.6) is 0 Å². The second-order valence-electron chi connectivity index (χ2n) is 5.34. The standard InChI is InChI=1S/C14H25N5OS/c1-2-7-19-12(10-15)16-17-14(19)21-11-13(20)18-8-5-3-4-6-9-18/h2-11,15H2,1H3. The zero-order valence-electron chi connectivity index (χ0n) is 12.8. The quantitative estimate of drug-likeness (QED) is 0.808. The van der Waals surface area contributed by atoms with Crippen LogP contribution >= 0.6 is 11.8 Å². The number of nitrogens with two attached hydrogens (primary N) is 1. The Kier molecular flexibility index (Phi) is 6.50. The summed E-state index contributed by atoms with van der Waals surface area (Å²) in [6.45, 7) is 5.13. The number of thioether (sulfide) groups is 1. The van der Waals surface area contributed by atoms with Crippen LogP contribution in [0.2, 0.25) is 0 Å². The number of likely N-dealkylation sites (tertiary alicyclic amines) is 1. The number of rotatable bonds is 6. The summed E-state index contributed by atoms with van der Waals surface area (Å²) in [6.07, 6.45) is 5.72. The van der Waals surface area contributed by atoms with Gasteiger partial charge in [0.05, 0.1) is 12.3 Å². The van der Waals surface area contributed by atoms with Crippen molar-refractivity contribution in [2.45, 2.75) is 57.3 Å². The third-order valence-corrected chi connectivity index (χ3v) is 4.66. The minimum Gasteiger partial charge on any atom is -0.342 e. The van der Waals surface area contributed by atoms with Crippen LogP contribution < -0.4 is 5.73 Å². The summed E-state index contributed by atoms with van der Waals surface area (Å²) >= 11 is 1.47. The van der Waals surface area contributed by atoms with Crippen molar-refractivity contribution in [2.24, 2.45) is 5.73 Å². The highest BCUT2D eigenvalue weighted by molar-refractivity contribution is 7.99. The molecular weight excluding hydrogens is 286 g/mol. The van der Waals surface area contributed by atoms with E-state index >= 15 is 0 Å². The van der Waals surface area contributed by atoms with E-state index in [4.69, 9.17) is 5.73 Å². The molecule has 7 heteroatoms. The van der Waals surface area contributed by atoms with Crippen molar-refractivity contribution in [2.75, 3.05) is 18.8 Å². The van der Waals surface area contributed by atoms with Crippen molar-refractivity contribution in [1.82, 2.24) is 19.7 Å². The molecule has 0 bridgehead atoms. The summed E-state index contributed by atoms with van der Waals surface area (Å²) in [7, 11) is 0. The number of carbonyl (C=O) groups excluding carboxylic acids is 1. The Hall–Kier alpha value is -1.08. The summed E-state index contributed by atoms with van der Waals surface area (Å²) in [6, 6.07) is 0. The van der Waals surface area contributed by atoms with Gasteiger partial charge in [0.25, 0.3) is 0 Å². The predicted molar refractivity (Wildman–Crippen MR) is 84.0 cm³/mol. The Bertz CT molecular complexity index is 454. The summed E-state index contributed by atoms with van der Waals surface area (Å²) in [5.41, 5.74) is 5.68. The summed E-state index contributed by atoms with van der Waals surface area (Å²) < 4.78 is 2.03. The van der Waals surface area contributed by atoms with Gasteiger partial charge in [0, 0.05) is 19.6 Å². The van der Waals surface area contributed by atoms with E-state index in [9.17, 15) is 4.79 Å². The molecule has 0 spiro atoms. The first-order valence-electron chi connectivity index (χ1n) is 7.79.